The number of para-hydroxylation sites is 1. The zero-order valence-electron chi connectivity index (χ0n) is 8.65. The van der Waals surface area contributed by atoms with Gasteiger partial charge in [0.2, 0.25) is 0 Å². The molecule has 2 rings (SSSR count). The number of pyridine rings is 1. The van der Waals surface area contributed by atoms with Gasteiger partial charge in [-0.3, -0.25) is 0 Å². The molecule has 0 aliphatic heterocycles. The standard InChI is InChI=1S/C11H5Br2Cl3N2/c12-5-2-1-3-6(13)9(5)17-11-8(15)4-7(14)10(16)18-11/h1-4H,(H,17,18). The lowest BCUT2D eigenvalue weighted by Crippen LogP contribution is -1.97. The predicted molar refractivity (Wildman–Crippen MR) is 84.4 cm³/mol. The Morgan fingerprint density at radius 2 is 1.61 bits per heavy atom. The molecule has 1 heterocycles. The van der Waals surface area contributed by atoms with Crippen molar-refractivity contribution in [2.45, 2.75) is 0 Å². The molecule has 7 heteroatoms. The first-order valence-corrected chi connectivity index (χ1v) is 7.43. The van der Waals surface area contributed by atoms with Crippen LogP contribution in [0.2, 0.25) is 15.2 Å². The summed E-state index contributed by atoms with van der Waals surface area (Å²) in [6.07, 6.45) is 0. The second kappa shape index (κ2) is 5.97. The van der Waals surface area contributed by atoms with Crippen LogP contribution in [-0.2, 0) is 0 Å². The molecule has 2 aromatic rings. The maximum atomic E-state index is 6.06. The Kier molecular flexibility index (Phi) is 4.78. The summed E-state index contributed by atoms with van der Waals surface area (Å²) in [7, 11) is 0. The highest BCUT2D eigenvalue weighted by atomic mass is 79.9. The van der Waals surface area contributed by atoms with Crippen LogP contribution >= 0.6 is 66.7 Å². The van der Waals surface area contributed by atoms with Crippen molar-refractivity contribution in [2.75, 3.05) is 5.32 Å². The van der Waals surface area contributed by atoms with Crippen molar-refractivity contribution >= 4 is 78.2 Å². The number of nitrogens with one attached hydrogen (secondary N) is 1. The Hall–Kier alpha value is -0.000000000000000167. The normalized spacial score (nSPS) is 10.5. The summed E-state index contributed by atoms with van der Waals surface area (Å²) in [5.74, 6) is 0.443. The monoisotopic (exact) mass is 428 g/mol. The van der Waals surface area contributed by atoms with Gasteiger partial charge in [-0.1, -0.05) is 40.9 Å². The van der Waals surface area contributed by atoms with E-state index < -0.39 is 0 Å². The number of halogens is 5. The molecule has 2 nitrogen and oxygen atoms in total. The summed E-state index contributed by atoms with van der Waals surface area (Å²) >= 11 is 24.6. The number of rotatable bonds is 2. The fourth-order valence-electron chi connectivity index (χ4n) is 1.27. The smallest absolute Gasteiger partial charge is 0.151 e. The van der Waals surface area contributed by atoms with Crippen LogP contribution in [-0.4, -0.2) is 4.98 Å². The zero-order valence-corrected chi connectivity index (χ0v) is 14.1. The van der Waals surface area contributed by atoms with E-state index >= 15 is 0 Å². The van der Waals surface area contributed by atoms with Crippen LogP contribution in [0.25, 0.3) is 0 Å². The summed E-state index contributed by atoms with van der Waals surface area (Å²) in [5, 5.41) is 4.01. The first-order chi connectivity index (χ1) is 8.49. The Morgan fingerprint density at radius 3 is 2.22 bits per heavy atom. The lowest BCUT2D eigenvalue weighted by Gasteiger charge is -2.11. The van der Waals surface area contributed by atoms with Gasteiger partial charge in [0.25, 0.3) is 0 Å². The number of hydrogen-bond donors (Lipinski definition) is 1. The van der Waals surface area contributed by atoms with Gasteiger partial charge in [-0.15, -0.1) is 0 Å². The third kappa shape index (κ3) is 3.11. The molecule has 0 aliphatic carbocycles. The van der Waals surface area contributed by atoms with Gasteiger partial charge < -0.3 is 5.32 Å². The summed E-state index contributed by atoms with van der Waals surface area (Å²) < 4.78 is 1.75. The average Bonchev–Trinajstić information content (AvgIpc) is 2.30. The van der Waals surface area contributed by atoms with Gasteiger partial charge in [0.05, 0.1) is 15.7 Å². The third-order valence-electron chi connectivity index (χ3n) is 2.09. The first-order valence-electron chi connectivity index (χ1n) is 4.71. The third-order valence-corrected chi connectivity index (χ3v) is 4.38. The summed E-state index contributed by atoms with van der Waals surface area (Å²) in [5.41, 5.74) is 0.810. The maximum absolute atomic E-state index is 6.06. The molecule has 1 N–H and O–H groups in total. The van der Waals surface area contributed by atoms with Gasteiger partial charge in [-0.05, 0) is 50.1 Å². The molecule has 0 atom stereocenters. The maximum Gasteiger partial charge on any atom is 0.151 e. The van der Waals surface area contributed by atoms with Gasteiger partial charge in [0, 0.05) is 8.95 Å². The van der Waals surface area contributed by atoms with E-state index in [1.807, 2.05) is 18.2 Å². The van der Waals surface area contributed by atoms with Crippen molar-refractivity contribution in [3.05, 3.63) is 48.4 Å². The minimum Gasteiger partial charge on any atom is -0.337 e. The van der Waals surface area contributed by atoms with E-state index in [4.69, 9.17) is 34.8 Å². The first kappa shape index (κ1) is 14.4. The lowest BCUT2D eigenvalue weighted by molar-refractivity contribution is 1.30. The van der Waals surface area contributed by atoms with Crippen molar-refractivity contribution in [1.82, 2.24) is 4.98 Å². The van der Waals surface area contributed by atoms with E-state index in [1.165, 1.54) is 0 Å². The van der Waals surface area contributed by atoms with E-state index in [0.717, 1.165) is 14.6 Å². The molecular weight excluding hydrogens is 426 g/mol. The van der Waals surface area contributed by atoms with E-state index in [-0.39, 0.29) is 5.15 Å². The van der Waals surface area contributed by atoms with Crippen LogP contribution in [0, 0.1) is 0 Å². The Labute approximate surface area is 136 Å². The minimum atomic E-state index is 0.201. The molecule has 0 saturated carbocycles. The molecule has 18 heavy (non-hydrogen) atoms. The van der Waals surface area contributed by atoms with E-state index in [2.05, 4.69) is 42.2 Å². The van der Waals surface area contributed by atoms with Crippen molar-refractivity contribution in [3.63, 3.8) is 0 Å². The fraction of sp³-hybridized carbons (Fsp3) is 0. The predicted octanol–water partition coefficient (Wildman–Crippen LogP) is 6.31. The van der Waals surface area contributed by atoms with E-state index in [9.17, 15) is 0 Å². The highest BCUT2D eigenvalue weighted by molar-refractivity contribution is 9.11. The molecule has 0 radical (unpaired) electrons. The summed E-state index contributed by atoms with van der Waals surface area (Å²) in [6, 6.07) is 7.26. The average molecular weight is 431 g/mol. The molecule has 94 valence electrons. The van der Waals surface area contributed by atoms with Gasteiger partial charge >= 0.3 is 0 Å². The van der Waals surface area contributed by atoms with Crippen LogP contribution in [0.15, 0.2) is 33.2 Å². The zero-order chi connectivity index (χ0) is 13.3. The molecule has 0 spiro atoms. The molecular formula is C11H5Br2Cl3N2. The van der Waals surface area contributed by atoms with Crippen molar-refractivity contribution in [3.8, 4) is 0 Å². The largest absolute Gasteiger partial charge is 0.337 e. The highest BCUT2D eigenvalue weighted by Gasteiger charge is 2.11. The molecule has 0 bridgehead atoms. The Bertz CT molecular complexity index is 585. The van der Waals surface area contributed by atoms with Crippen molar-refractivity contribution in [2.24, 2.45) is 0 Å². The van der Waals surface area contributed by atoms with E-state index in [1.54, 1.807) is 6.07 Å². The highest BCUT2D eigenvalue weighted by Crippen LogP contribution is 2.36. The van der Waals surface area contributed by atoms with Gasteiger partial charge in [-0.2, -0.15) is 0 Å². The second-order valence-electron chi connectivity index (χ2n) is 3.31. The number of hydrogen-bond acceptors (Lipinski definition) is 2. The summed E-state index contributed by atoms with van der Waals surface area (Å²) in [4.78, 5) is 4.10. The van der Waals surface area contributed by atoms with Gasteiger partial charge in [-0.25, -0.2) is 4.98 Å². The van der Waals surface area contributed by atoms with Crippen molar-refractivity contribution < 1.29 is 0 Å². The number of nitrogens with zero attached hydrogens (tertiary/aromatic N) is 1. The van der Waals surface area contributed by atoms with E-state index in [0.29, 0.717) is 15.9 Å². The van der Waals surface area contributed by atoms with Crippen LogP contribution < -0.4 is 5.32 Å². The Morgan fingerprint density at radius 1 is 1.00 bits per heavy atom. The molecule has 0 fully saturated rings. The molecule has 1 aromatic carbocycles. The molecule has 0 amide bonds. The second-order valence-corrected chi connectivity index (χ2v) is 6.19. The van der Waals surface area contributed by atoms with Crippen LogP contribution in [0.1, 0.15) is 0 Å². The van der Waals surface area contributed by atoms with Crippen molar-refractivity contribution in [1.29, 1.82) is 0 Å². The van der Waals surface area contributed by atoms with Crippen LogP contribution in [0.3, 0.4) is 0 Å². The molecule has 1 aromatic heterocycles. The molecule has 0 unspecified atom stereocenters. The summed E-state index contributed by atoms with van der Waals surface area (Å²) in [6.45, 7) is 0. The number of anilines is 2. The Balaban J connectivity index is 2.43. The SMILES string of the molecule is Clc1cc(Cl)c(Nc2c(Br)cccc2Br)nc1Cl. The number of aromatic nitrogens is 1. The minimum absolute atomic E-state index is 0.201. The molecule has 0 aliphatic rings. The van der Waals surface area contributed by atoms with Gasteiger partial charge in [0.15, 0.2) is 5.82 Å². The fourth-order valence-corrected chi connectivity index (χ4v) is 3.01. The quantitative estimate of drug-likeness (QED) is 0.564. The molecule has 0 saturated heterocycles. The lowest BCUT2D eigenvalue weighted by atomic mass is 10.3. The topological polar surface area (TPSA) is 24.9 Å². The van der Waals surface area contributed by atoms with Crippen LogP contribution in [0.5, 0.6) is 0 Å². The van der Waals surface area contributed by atoms with Crippen LogP contribution in [0.4, 0.5) is 11.5 Å². The van der Waals surface area contributed by atoms with Gasteiger partial charge in [0.1, 0.15) is 5.15 Å². The number of benzene rings is 1.